The fourth-order valence-electron chi connectivity index (χ4n) is 1.85. The summed E-state index contributed by atoms with van der Waals surface area (Å²) < 4.78 is 0. The molecule has 1 saturated carbocycles. The van der Waals surface area contributed by atoms with Crippen molar-refractivity contribution < 1.29 is 0 Å². The lowest BCUT2D eigenvalue weighted by molar-refractivity contribution is 0.418. The van der Waals surface area contributed by atoms with Crippen molar-refractivity contribution in [2.45, 2.75) is 31.6 Å². The lowest BCUT2D eigenvalue weighted by atomic mass is 9.81. The van der Waals surface area contributed by atoms with E-state index < -0.39 is 0 Å². The summed E-state index contributed by atoms with van der Waals surface area (Å²) in [5, 5.41) is 6.33. The predicted molar refractivity (Wildman–Crippen MR) is 65.7 cm³/mol. The van der Waals surface area contributed by atoms with Crippen LogP contribution in [0.4, 0.5) is 5.95 Å². The van der Waals surface area contributed by atoms with Gasteiger partial charge in [0.05, 0.1) is 0 Å². The summed E-state index contributed by atoms with van der Waals surface area (Å²) in [6.45, 7) is 1.94. The van der Waals surface area contributed by atoms with E-state index in [4.69, 9.17) is 0 Å². The Morgan fingerprint density at radius 1 is 1.25 bits per heavy atom. The van der Waals surface area contributed by atoms with Crippen LogP contribution in [0.1, 0.15) is 37.2 Å². The number of hydrogen-bond acceptors (Lipinski definition) is 4. The molecule has 1 fully saturated rings. The predicted octanol–water partition coefficient (Wildman–Crippen LogP) is 1.77. The minimum absolute atomic E-state index is 0.721. The quantitative estimate of drug-likeness (QED) is 0.717. The Bertz CT molecular complexity index is 305. The summed E-state index contributed by atoms with van der Waals surface area (Å²) in [7, 11) is 1.96. The zero-order chi connectivity index (χ0) is 11.2. The van der Waals surface area contributed by atoms with Crippen molar-refractivity contribution >= 4 is 5.95 Å². The van der Waals surface area contributed by atoms with Gasteiger partial charge in [0.2, 0.25) is 5.95 Å². The average Bonchev–Trinajstić information content (AvgIpc) is 2.24. The molecule has 16 heavy (non-hydrogen) atoms. The molecule has 1 aromatic heterocycles. The molecule has 0 spiro atoms. The molecule has 0 radical (unpaired) electrons. The van der Waals surface area contributed by atoms with Gasteiger partial charge in [-0.05, 0) is 44.3 Å². The molecule has 4 nitrogen and oxygen atoms in total. The van der Waals surface area contributed by atoms with Crippen molar-refractivity contribution in [3.63, 3.8) is 0 Å². The van der Waals surface area contributed by atoms with Crippen molar-refractivity contribution in [1.29, 1.82) is 0 Å². The van der Waals surface area contributed by atoms with E-state index in [2.05, 4.69) is 20.6 Å². The summed E-state index contributed by atoms with van der Waals surface area (Å²) in [6, 6.07) is 0. The molecule has 88 valence electrons. The molecule has 0 aromatic carbocycles. The molecule has 1 aliphatic carbocycles. The Kier molecular flexibility index (Phi) is 4.10. The molecule has 1 aliphatic rings. The van der Waals surface area contributed by atoms with Gasteiger partial charge in [0, 0.05) is 18.9 Å². The molecule has 4 heteroatoms. The van der Waals surface area contributed by atoms with Crippen LogP contribution in [0.5, 0.6) is 0 Å². The molecule has 0 amide bonds. The highest BCUT2D eigenvalue weighted by atomic mass is 15.1. The van der Waals surface area contributed by atoms with Crippen molar-refractivity contribution in [1.82, 2.24) is 15.3 Å². The van der Waals surface area contributed by atoms with Crippen LogP contribution in [0.25, 0.3) is 0 Å². The average molecular weight is 220 g/mol. The van der Waals surface area contributed by atoms with Crippen LogP contribution >= 0.6 is 0 Å². The molecular weight excluding hydrogens is 200 g/mol. The summed E-state index contributed by atoms with van der Waals surface area (Å²) in [5.74, 6) is 1.47. The van der Waals surface area contributed by atoms with Crippen molar-refractivity contribution in [2.24, 2.45) is 0 Å². The van der Waals surface area contributed by atoms with Crippen molar-refractivity contribution in [3.8, 4) is 0 Å². The van der Waals surface area contributed by atoms with Gasteiger partial charge in [-0.15, -0.1) is 0 Å². The SMILES string of the molecule is CNCCCNc1ncc(C2CCC2)cn1. The number of nitrogens with zero attached hydrogens (tertiary/aromatic N) is 2. The second-order valence-electron chi connectivity index (χ2n) is 4.35. The monoisotopic (exact) mass is 220 g/mol. The Labute approximate surface area is 96.9 Å². The highest BCUT2D eigenvalue weighted by Crippen LogP contribution is 2.35. The first-order chi connectivity index (χ1) is 7.90. The number of rotatable bonds is 6. The first-order valence-electron chi connectivity index (χ1n) is 6.10. The van der Waals surface area contributed by atoms with E-state index in [-0.39, 0.29) is 0 Å². The Balaban J connectivity index is 1.77. The van der Waals surface area contributed by atoms with E-state index >= 15 is 0 Å². The normalized spacial score (nSPS) is 15.8. The van der Waals surface area contributed by atoms with Crippen LogP contribution in [0.15, 0.2) is 12.4 Å². The topological polar surface area (TPSA) is 49.8 Å². The molecule has 2 N–H and O–H groups in total. The van der Waals surface area contributed by atoms with Crippen molar-refractivity contribution in [2.75, 3.05) is 25.5 Å². The maximum absolute atomic E-state index is 4.34. The number of hydrogen-bond donors (Lipinski definition) is 2. The highest BCUT2D eigenvalue weighted by Gasteiger charge is 2.19. The molecule has 0 saturated heterocycles. The first kappa shape index (κ1) is 11.3. The van der Waals surface area contributed by atoms with Crippen LogP contribution in [0, 0.1) is 0 Å². The van der Waals surface area contributed by atoms with Crippen LogP contribution in [-0.2, 0) is 0 Å². The van der Waals surface area contributed by atoms with Gasteiger partial charge in [-0.3, -0.25) is 0 Å². The maximum Gasteiger partial charge on any atom is 0.222 e. The Hall–Kier alpha value is -1.16. The molecule has 2 rings (SSSR count). The van der Waals surface area contributed by atoms with Crippen LogP contribution in [0.3, 0.4) is 0 Å². The maximum atomic E-state index is 4.34. The van der Waals surface area contributed by atoms with E-state index in [1.165, 1.54) is 24.8 Å². The van der Waals surface area contributed by atoms with Gasteiger partial charge >= 0.3 is 0 Å². The molecule has 1 aromatic rings. The second-order valence-corrected chi connectivity index (χ2v) is 4.35. The first-order valence-corrected chi connectivity index (χ1v) is 6.10. The summed E-state index contributed by atoms with van der Waals surface area (Å²) in [6.07, 6.45) is 8.99. The fraction of sp³-hybridized carbons (Fsp3) is 0.667. The zero-order valence-corrected chi connectivity index (χ0v) is 9.87. The van der Waals surface area contributed by atoms with E-state index in [0.717, 1.165) is 31.4 Å². The van der Waals surface area contributed by atoms with Gasteiger partial charge < -0.3 is 10.6 Å². The van der Waals surface area contributed by atoms with Crippen molar-refractivity contribution in [3.05, 3.63) is 18.0 Å². The molecule has 0 bridgehead atoms. The van der Waals surface area contributed by atoms with E-state index in [0.29, 0.717) is 0 Å². The van der Waals surface area contributed by atoms with Gasteiger partial charge in [-0.25, -0.2) is 9.97 Å². The lowest BCUT2D eigenvalue weighted by Gasteiger charge is -2.24. The summed E-state index contributed by atoms with van der Waals surface area (Å²) in [5.41, 5.74) is 1.30. The minimum atomic E-state index is 0.721. The van der Waals surface area contributed by atoms with Gasteiger partial charge in [-0.1, -0.05) is 6.42 Å². The number of anilines is 1. The van der Waals surface area contributed by atoms with E-state index in [9.17, 15) is 0 Å². The van der Waals surface area contributed by atoms with Gasteiger partial charge in [0.15, 0.2) is 0 Å². The highest BCUT2D eigenvalue weighted by molar-refractivity contribution is 5.26. The smallest absolute Gasteiger partial charge is 0.222 e. The number of aromatic nitrogens is 2. The standard InChI is InChI=1S/C12H20N4/c1-13-6-3-7-14-12-15-8-11(9-16-12)10-4-2-5-10/h8-10,13H,2-7H2,1H3,(H,14,15,16). The van der Waals surface area contributed by atoms with Gasteiger partial charge in [0.25, 0.3) is 0 Å². The van der Waals surface area contributed by atoms with E-state index in [1.54, 1.807) is 0 Å². The van der Waals surface area contributed by atoms with E-state index in [1.807, 2.05) is 19.4 Å². The van der Waals surface area contributed by atoms with Crippen LogP contribution in [-0.4, -0.2) is 30.1 Å². The molecular formula is C12H20N4. The summed E-state index contributed by atoms with van der Waals surface area (Å²) in [4.78, 5) is 8.67. The second kappa shape index (κ2) is 5.80. The van der Waals surface area contributed by atoms with Crippen LogP contribution < -0.4 is 10.6 Å². The number of nitrogens with one attached hydrogen (secondary N) is 2. The Morgan fingerprint density at radius 3 is 2.56 bits per heavy atom. The molecule has 0 aliphatic heterocycles. The van der Waals surface area contributed by atoms with Crippen LogP contribution in [0.2, 0.25) is 0 Å². The third-order valence-corrected chi connectivity index (χ3v) is 3.14. The van der Waals surface area contributed by atoms with Gasteiger partial charge in [-0.2, -0.15) is 0 Å². The molecule has 0 atom stereocenters. The minimum Gasteiger partial charge on any atom is -0.354 e. The Morgan fingerprint density at radius 2 is 2.00 bits per heavy atom. The third kappa shape index (κ3) is 2.92. The largest absolute Gasteiger partial charge is 0.354 e. The zero-order valence-electron chi connectivity index (χ0n) is 9.87. The molecule has 0 unspecified atom stereocenters. The lowest BCUT2D eigenvalue weighted by Crippen LogP contribution is -2.14. The van der Waals surface area contributed by atoms with Gasteiger partial charge in [0.1, 0.15) is 0 Å². The molecule has 1 heterocycles. The third-order valence-electron chi connectivity index (χ3n) is 3.14. The summed E-state index contributed by atoms with van der Waals surface area (Å²) >= 11 is 0. The fourth-order valence-corrected chi connectivity index (χ4v) is 1.85.